The molecule has 0 bridgehead atoms. The highest BCUT2D eigenvalue weighted by Gasteiger charge is 2.26. The molecule has 0 aliphatic heterocycles. The number of nitrogens with zero attached hydrogens (tertiary/aromatic N) is 2. The second kappa shape index (κ2) is 12.0. The van der Waals surface area contributed by atoms with Crippen molar-refractivity contribution in [2.75, 3.05) is 19.4 Å². The van der Waals surface area contributed by atoms with Gasteiger partial charge in [0.1, 0.15) is 17.7 Å². The maximum atomic E-state index is 12.0. The van der Waals surface area contributed by atoms with E-state index in [9.17, 15) is 9.59 Å². The van der Waals surface area contributed by atoms with E-state index in [2.05, 4.69) is 10.4 Å². The Morgan fingerprint density at radius 1 is 1.38 bits per heavy atom. The summed E-state index contributed by atoms with van der Waals surface area (Å²) in [4.78, 5) is 23.9. The van der Waals surface area contributed by atoms with Gasteiger partial charge in [0.25, 0.3) is 0 Å². The van der Waals surface area contributed by atoms with Gasteiger partial charge in [-0.3, -0.25) is 0 Å². The largest absolute Gasteiger partial charge is 0.449 e. The summed E-state index contributed by atoms with van der Waals surface area (Å²) >= 11 is 0. The monoisotopic (exact) mass is 376 g/mol. The van der Waals surface area contributed by atoms with Crippen LogP contribution in [-0.4, -0.2) is 48.4 Å². The van der Waals surface area contributed by atoms with Gasteiger partial charge in [-0.05, 0) is 39.9 Å². The van der Waals surface area contributed by atoms with Gasteiger partial charge in [0.05, 0.1) is 6.54 Å². The van der Waals surface area contributed by atoms with E-state index in [1.165, 1.54) is 0 Å². The van der Waals surface area contributed by atoms with Crippen molar-refractivity contribution < 1.29 is 19.1 Å². The maximum Gasteiger partial charge on any atom is 0.408 e. The molecular formula is C14H24N4O4S2. The van der Waals surface area contributed by atoms with Crippen molar-refractivity contribution in [3.8, 4) is 6.07 Å². The minimum absolute atomic E-state index is 0.0456. The minimum Gasteiger partial charge on any atom is -0.449 e. The van der Waals surface area contributed by atoms with E-state index in [0.29, 0.717) is 19.4 Å². The Hall–Kier alpha value is -1.47. The highest BCUT2D eigenvalue weighted by atomic mass is 33.1. The number of hydrogen-bond acceptors (Lipinski definition) is 9. The average Bonchev–Trinajstić information content (AvgIpc) is 2.47. The first-order valence-corrected chi connectivity index (χ1v) is 9.91. The minimum atomic E-state index is -0.913. The van der Waals surface area contributed by atoms with Gasteiger partial charge >= 0.3 is 12.1 Å². The van der Waals surface area contributed by atoms with Gasteiger partial charge in [-0.1, -0.05) is 21.6 Å². The summed E-state index contributed by atoms with van der Waals surface area (Å²) in [5, 5.41) is 14.4. The lowest BCUT2D eigenvalue weighted by atomic mass is 10.1. The van der Waals surface area contributed by atoms with E-state index < -0.39 is 23.7 Å². The summed E-state index contributed by atoms with van der Waals surface area (Å²) in [6.07, 6.45) is 2.05. The average molecular weight is 377 g/mol. The van der Waals surface area contributed by atoms with Crippen LogP contribution < -0.4 is 5.32 Å². The smallest absolute Gasteiger partial charge is 0.408 e. The Balaban J connectivity index is 4.79. The van der Waals surface area contributed by atoms with E-state index in [0.717, 1.165) is 0 Å². The molecule has 0 aromatic heterocycles. The third-order valence-corrected chi connectivity index (χ3v) is 4.80. The first-order chi connectivity index (χ1) is 11.2. The van der Waals surface area contributed by atoms with Gasteiger partial charge in [0.2, 0.25) is 0 Å². The van der Waals surface area contributed by atoms with Gasteiger partial charge in [0.15, 0.2) is 6.61 Å². The number of nitriles is 1. The zero-order valence-electron chi connectivity index (χ0n) is 14.3. The summed E-state index contributed by atoms with van der Waals surface area (Å²) in [5.41, 5.74) is 6.28. The molecule has 0 saturated carbocycles. The van der Waals surface area contributed by atoms with Crippen molar-refractivity contribution >= 4 is 33.7 Å². The maximum absolute atomic E-state index is 12.0. The molecule has 0 aliphatic rings. The molecule has 0 spiro atoms. The molecule has 1 amide bonds. The van der Waals surface area contributed by atoms with Gasteiger partial charge in [-0.25, -0.2) is 15.1 Å². The van der Waals surface area contributed by atoms with Crippen LogP contribution in [0.2, 0.25) is 0 Å². The molecule has 136 valence electrons. The quantitative estimate of drug-likeness (QED) is 0.341. The van der Waals surface area contributed by atoms with Crippen LogP contribution >= 0.6 is 21.6 Å². The van der Waals surface area contributed by atoms with E-state index in [4.69, 9.17) is 20.3 Å². The van der Waals surface area contributed by atoms with Gasteiger partial charge in [-0.2, -0.15) is 10.4 Å². The molecule has 0 radical (unpaired) electrons. The van der Waals surface area contributed by atoms with Crippen LogP contribution in [0.1, 0.15) is 33.6 Å². The molecule has 0 saturated heterocycles. The molecule has 1 unspecified atom stereocenters. The van der Waals surface area contributed by atoms with Gasteiger partial charge in [-0.15, -0.1) is 0 Å². The SMILES string of the molecule is CSSC(CC[C@H](NC(=O)OC(C)(C)C)C(=O)OCC#N)CN=N. The fourth-order valence-electron chi connectivity index (χ4n) is 1.66. The Kier molecular flexibility index (Phi) is 11.2. The first kappa shape index (κ1) is 22.5. The normalized spacial score (nSPS) is 13.3. The van der Waals surface area contributed by atoms with Crippen molar-refractivity contribution in [2.45, 2.75) is 50.5 Å². The molecule has 24 heavy (non-hydrogen) atoms. The molecule has 0 aromatic rings. The zero-order valence-corrected chi connectivity index (χ0v) is 16.0. The van der Waals surface area contributed by atoms with Crippen molar-refractivity contribution in [1.29, 1.82) is 10.8 Å². The number of nitrogens with one attached hydrogen (secondary N) is 2. The number of esters is 1. The summed E-state index contributed by atoms with van der Waals surface area (Å²) in [7, 11) is 3.10. The zero-order chi connectivity index (χ0) is 18.6. The fraction of sp³-hybridized carbons (Fsp3) is 0.786. The number of hydrogen-bond donors (Lipinski definition) is 2. The number of alkyl carbamates (subject to hydrolysis) is 1. The topological polar surface area (TPSA) is 125 Å². The van der Waals surface area contributed by atoms with E-state index >= 15 is 0 Å². The standard InChI is InChI=1S/C14H24N4O4S2/c1-14(2,3)22-13(20)18-11(12(19)21-8-7-15)6-5-10(9-17-16)24-23-4/h10-11,16H,5-6,8-9H2,1-4H3,(H,18,20)/t10?,11-/m0/s1. The summed E-state index contributed by atoms with van der Waals surface area (Å²) in [6, 6.07) is 0.803. The number of rotatable bonds is 10. The molecule has 0 fully saturated rings. The summed E-state index contributed by atoms with van der Waals surface area (Å²) in [5.74, 6) is -0.682. The Morgan fingerprint density at radius 3 is 2.54 bits per heavy atom. The fourth-order valence-corrected chi connectivity index (χ4v) is 3.59. The number of carbonyl (C=O) groups excluding carboxylic acids is 2. The predicted octanol–water partition coefficient (Wildman–Crippen LogP) is 3.14. The van der Waals surface area contributed by atoms with Crippen molar-refractivity contribution in [3.63, 3.8) is 0 Å². The third-order valence-electron chi connectivity index (χ3n) is 2.56. The lowest BCUT2D eigenvalue weighted by Crippen LogP contribution is -2.44. The Bertz CT molecular complexity index is 463. The highest BCUT2D eigenvalue weighted by molar-refractivity contribution is 8.76. The van der Waals surface area contributed by atoms with Crippen LogP contribution in [0.3, 0.4) is 0 Å². The second-order valence-electron chi connectivity index (χ2n) is 5.77. The Labute approximate surface area is 150 Å². The number of amides is 1. The van der Waals surface area contributed by atoms with Crippen LogP contribution in [0, 0.1) is 16.9 Å². The molecule has 0 aromatic carbocycles. The molecule has 0 rings (SSSR count). The van der Waals surface area contributed by atoms with Crippen molar-refractivity contribution in [3.05, 3.63) is 0 Å². The lowest BCUT2D eigenvalue weighted by Gasteiger charge is -2.23. The molecular weight excluding hydrogens is 352 g/mol. The summed E-state index contributed by atoms with van der Waals surface area (Å²) < 4.78 is 9.94. The molecule has 0 heterocycles. The molecule has 2 N–H and O–H groups in total. The molecule has 10 heteroatoms. The summed E-state index contributed by atoms with van der Waals surface area (Å²) in [6.45, 7) is 5.11. The van der Waals surface area contributed by atoms with Crippen LogP contribution in [0.25, 0.3) is 0 Å². The van der Waals surface area contributed by atoms with Crippen molar-refractivity contribution in [1.82, 2.24) is 5.32 Å². The predicted molar refractivity (Wildman–Crippen MR) is 93.9 cm³/mol. The van der Waals surface area contributed by atoms with Gasteiger partial charge in [0, 0.05) is 5.25 Å². The molecule has 2 atom stereocenters. The van der Waals surface area contributed by atoms with Crippen molar-refractivity contribution in [2.24, 2.45) is 5.11 Å². The van der Waals surface area contributed by atoms with Crippen LogP contribution in [0.4, 0.5) is 4.79 Å². The Morgan fingerprint density at radius 2 is 2.04 bits per heavy atom. The van der Waals surface area contributed by atoms with Gasteiger partial charge < -0.3 is 14.8 Å². The lowest BCUT2D eigenvalue weighted by molar-refractivity contribution is -0.145. The molecule has 8 nitrogen and oxygen atoms in total. The van der Waals surface area contributed by atoms with E-state index in [-0.39, 0.29) is 11.9 Å². The number of carbonyl (C=O) groups is 2. The second-order valence-corrected chi connectivity index (χ2v) is 8.54. The first-order valence-electron chi connectivity index (χ1n) is 7.29. The third kappa shape index (κ3) is 11.1. The highest BCUT2D eigenvalue weighted by Crippen LogP contribution is 2.27. The van der Waals surface area contributed by atoms with Crippen LogP contribution in [0.15, 0.2) is 5.11 Å². The van der Waals surface area contributed by atoms with Crippen LogP contribution in [0.5, 0.6) is 0 Å². The molecule has 0 aliphatic carbocycles. The number of ether oxygens (including phenoxy) is 2. The van der Waals surface area contributed by atoms with E-state index in [1.54, 1.807) is 48.4 Å². The van der Waals surface area contributed by atoms with E-state index in [1.807, 2.05) is 6.26 Å². The van der Waals surface area contributed by atoms with Crippen LogP contribution in [-0.2, 0) is 14.3 Å².